The third-order valence-corrected chi connectivity index (χ3v) is 2.83. The summed E-state index contributed by atoms with van der Waals surface area (Å²) < 4.78 is 2.00. The van der Waals surface area contributed by atoms with Crippen LogP contribution in [0.15, 0.2) is 36.2 Å². The first-order chi connectivity index (χ1) is 8.66. The largest absolute Gasteiger partial charge is 0.382 e. The monoisotopic (exact) mass is 238 g/mol. The number of aromatic nitrogens is 3. The molecular weight excluding hydrogens is 224 g/mol. The quantitative estimate of drug-likeness (QED) is 0.708. The van der Waals surface area contributed by atoms with Crippen LogP contribution in [0, 0.1) is 0 Å². The van der Waals surface area contributed by atoms with Crippen molar-refractivity contribution in [1.82, 2.24) is 14.5 Å². The summed E-state index contributed by atoms with van der Waals surface area (Å²) in [5.74, 6) is 0.476. The second-order valence-corrected chi connectivity index (χ2v) is 4.57. The van der Waals surface area contributed by atoms with E-state index in [1.807, 2.05) is 35.0 Å². The normalized spacial score (nSPS) is 11.0. The maximum Gasteiger partial charge on any atom is 0.152 e. The van der Waals surface area contributed by atoms with E-state index in [9.17, 15) is 0 Å². The Morgan fingerprint density at radius 2 is 2.06 bits per heavy atom. The Morgan fingerprint density at radius 3 is 2.83 bits per heavy atom. The van der Waals surface area contributed by atoms with E-state index < -0.39 is 0 Å². The molecule has 0 aliphatic carbocycles. The number of pyridine rings is 1. The summed E-state index contributed by atoms with van der Waals surface area (Å²) >= 11 is 0. The maximum atomic E-state index is 5.96. The molecule has 0 aliphatic rings. The van der Waals surface area contributed by atoms with Crippen molar-refractivity contribution in [2.24, 2.45) is 0 Å². The molecule has 0 atom stereocenters. The van der Waals surface area contributed by atoms with Crippen molar-refractivity contribution < 1.29 is 0 Å². The molecule has 2 heterocycles. The number of imidazole rings is 1. The lowest BCUT2D eigenvalue weighted by molar-refractivity contribution is 1.15. The van der Waals surface area contributed by atoms with Crippen LogP contribution in [0.5, 0.6) is 0 Å². The number of allylic oxidation sites excluding steroid dienone is 1. The van der Waals surface area contributed by atoms with Gasteiger partial charge in [-0.1, -0.05) is 23.8 Å². The summed E-state index contributed by atoms with van der Waals surface area (Å²) in [5, 5.41) is 1.07. The highest BCUT2D eigenvalue weighted by atomic mass is 15.1. The summed E-state index contributed by atoms with van der Waals surface area (Å²) in [7, 11) is 0. The van der Waals surface area contributed by atoms with Gasteiger partial charge in [0.1, 0.15) is 11.8 Å². The number of hydrogen-bond acceptors (Lipinski definition) is 3. The van der Waals surface area contributed by atoms with Gasteiger partial charge in [-0.05, 0) is 19.9 Å². The minimum Gasteiger partial charge on any atom is -0.382 e. The van der Waals surface area contributed by atoms with Gasteiger partial charge in [0.2, 0.25) is 0 Å². The Bertz CT molecular complexity index is 764. The summed E-state index contributed by atoms with van der Waals surface area (Å²) in [6.07, 6.45) is 3.82. The molecule has 0 unspecified atom stereocenters. The Kier molecular flexibility index (Phi) is 2.30. The van der Waals surface area contributed by atoms with Gasteiger partial charge in [-0.3, -0.25) is 0 Å². The van der Waals surface area contributed by atoms with Gasteiger partial charge in [-0.15, -0.1) is 0 Å². The Balaban J connectivity index is 2.51. The van der Waals surface area contributed by atoms with Gasteiger partial charge < -0.3 is 10.3 Å². The van der Waals surface area contributed by atoms with E-state index in [0.29, 0.717) is 5.82 Å². The fourth-order valence-corrected chi connectivity index (χ4v) is 2.15. The average molecular weight is 238 g/mol. The zero-order chi connectivity index (χ0) is 12.7. The minimum atomic E-state index is 0.476. The molecule has 0 spiro atoms. The van der Waals surface area contributed by atoms with Gasteiger partial charge in [-0.2, -0.15) is 0 Å². The second kappa shape index (κ2) is 3.84. The molecule has 2 aromatic heterocycles. The van der Waals surface area contributed by atoms with Crippen LogP contribution >= 0.6 is 0 Å². The number of nitrogens with two attached hydrogens (primary N) is 1. The molecular formula is C14H14N4. The molecule has 0 aliphatic heterocycles. The van der Waals surface area contributed by atoms with E-state index in [0.717, 1.165) is 21.9 Å². The first-order valence-electron chi connectivity index (χ1n) is 5.82. The molecule has 0 saturated heterocycles. The maximum absolute atomic E-state index is 5.96. The van der Waals surface area contributed by atoms with Crippen LogP contribution in [-0.4, -0.2) is 14.5 Å². The van der Waals surface area contributed by atoms with Gasteiger partial charge >= 0.3 is 0 Å². The summed E-state index contributed by atoms with van der Waals surface area (Å²) in [6, 6.07) is 7.97. The van der Waals surface area contributed by atoms with E-state index in [1.165, 1.54) is 5.57 Å². The van der Waals surface area contributed by atoms with Gasteiger partial charge in [0.05, 0.1) is 11.0 Å². The molecule has 0 fully saturated rings. The smallest absolute Gasteiger partial charge is 0.152 e. The van der Waals surface area contributed by atoms with Gasteiger partial charge in [0.25, 0.3) is 0 Å². The number of nitrogens with zero attached hydrogens (tertiary/aromatic N) is 3. The highest BCUT2D eigenvalue weighted by molar-refractivity contribution is 6.06. The molecule has 90 valence electrons. The molecule has 3 aromatic rings. The van der Waals surface area contributed by atoms with Crippen molar-refractivity contribution in [3.8, 4) is 0 Å². The Hall–Kier alpha value is -2.36. The van der Waals surface area contributed by atoms with Crippen molar-refractivity contribution in [3.63, 3.8) is 0 Å². The molecule has 18 heavy (non-hydrogen) atoms. The van der Waals surface area contributed by atoms with Crippen molar-refractivity contribution in [1.29, 1.82) is 0 Å². The van der Waals surface area contributed by atoms with E-state index >= 15 is 0 Å². The van der Waals surface area contributed by atoms with Crippen LogP contribution in [0.3, 0.4) is 0 Å². The van der Waals surface area contributed by atoms with E-state index in [2.05, 4.69) is 23.8 Å². The highest BCUT2D eigenvalue weighted by Crippen LogP contribution is 2.27. The van der Waals surface area contributed by atoms with Gasteiger partial charge in [-0.25, -0.2) is 9.97 Å². The standard InChI is InChI=1S/C14H14N4/c1-9(2)7-18-8-16-12-13(18)10-5-3-4-6-11(10)17-14(12)15/h3-8H,1-2H3,(H2,15,17). The van der Waals surface area contributed by atoms with Crippen LogP contribution in [0.1, 0.15) is 13.8 Å². The van der Waals surface area contributed by atoms with Crippen molar-refractivity contribution >= 4 is 34.0 Å². The zero-order valence-electron chi connectivity index (χ0n) is 10.4. The van der Waals surface area contributed by atoms with Crippen molar-refractivity contribution in [2.75, 3.05) is 5.73 Å². The van der Waals surface area contributed by atoms with E-state index in [-0.39, 0.29) is 0 Å². The van der Waals surface area contributed by atoms with Crippen molar-refractivity contribution in [3.05, 3.63) is 36.2 Å². The molecule has 4 nitrogen and oxygen atoms in total. The van der Waals surface area contributed by atoms with Gasteiger partial charge in [0.15, 0.2) is 5.82 Å². The number of hydrogen-bond donors (Lipinski definition) is 1. The van der Waals surface area contributed by atoms with Gasteiger partial charge in [0, 0.05) is 11.6 Å². The first-order valence-corrected chi connectivity index (χ1v) is 5.82. The fraction of sp³-hybridized carbons (Fsp3) is 0.143. The van der Waals surface area contributed by atoms with E-state index in [4.69, 9.17) is 5.73 Å². The summed E-state index contributed by atoms with van der Waals surface area (Å²) in [4.78, 5) is 8.73. The van der Waals surface area contributed by atoms with Crippen LogP contribution in [0.2, 0.25) is 0 Å². The second-order valence-electron chi connectivity index (χ2n) is 4.57. The summed E-state index contributed by atoms with van der Waals surface area (Å²) in [5.41, 5.74) is 9.83. The number of para-hydroxylation sites is 1. The lowest BCUT2D eigenvalue weighted by atomic mass is 10.2. The van der Waals surface area contributed by atoms with Crippen LogP contribution in [-0.2, 0) is 0 Å². The zero-order valence-corrected chi connectivity index (χ0v) is 10.4. The predicted octanol–water partition coefficient (Wildman–Crippen LogP) is 3.05. The molecule has 0 radical (unpaired) electrons. The topological polar surface area (TPSA) is 56.7 Å². The molecule has 4 heteroatoms. The lowest BCUT2D eigenvalue weighted by Gasteiger charge is -2.04. The molecule has 0 saturated carbocycles. The Morgan fingerprint density at radius 1 is 1.28 bits per heavy atom. The van der Waals surface area contributed by atoms with E-state index in [1.54, 1.807) is 6.33 Å². The van der Waals surface area contributed by atoms with Crippen LogP contribution in [0.4, 0.5) is 5.82 Å². The number of nitrogen functional groups attached to an aromatic ring is 1. The summed E-state index contributed by atoms with van der Waals surface area (Å²) in [6.45, 7) is 4.11. The molecule has 0 amide bonds. The lowest BCUT2D eigenvalue weighted by Crippen LogP contribution is -1.94. The van der Waals surface area contributed by atoms with Crippen molar-refractivity contribution in [2.45, 2.75) is 13.8 Å². The fourth-order valence-electron chi connectivity index (χ4n) is 2.15. The molecule has 0 bridgehead atoms. The highest BCUT2D eigenvalue weighted by Gasteiger charge is 2.10. The Labute approximate surface area is 105 Å². The molecule has 2 N–H and O–H groups in total. The molecule has 1 aromatic carbocycles. The third-order valence-electron chi connectivity index (χ3n) is 2.83. The molecule has 3 rings (SSSR count). The number of benzene rings is 1. The number of fused-ring (bicyclic) bond motifs is 3. The average Bonchev–Trinajstić information content (AvgIpc) is 2.73. The number of rotatable bonds is 1. The number of anilines is 1. The van der Waals surface area contributed by atoms with Crippen LogP contribution in [0.25, 0.3) is 28.1 Å². The minimum absolute atomic E-state index is 0.476. The third kappa shape index (κ3) is 1.54. The first kappa shape index (κ1) is 10.8. The predicted molar refractivity (Wildman–Crippen MR) is 75.1 cm³/mol. The van der Waals surface area contributed by atoms with Crippen LogP contribution < -0.4 is 5.73 Å². The SMILES string of the molecule is CC(C)=Cn1cnc2c(N)nc3ccccc3c21.